The van der Waals surface area contributed by atoms with Crippen molar-refractivity contribution in [2.75, 3.05) is 5.32 Å². The van der Waals surface area contributed by atoms with Gasteiger partial charge in [-0.1, -0.05) is 0 Å². The number of aliphatic carboxylic acids is 1. The molecule has 2 N–H and O–H groups in total. The number of anilines is 1. The second kappa shape index (κ2) is 5.09. The van der Waals surface area contributed by atoms with Gasteiger partial charge in [0.05, 0.1) is 17.6 Å². The van der Waals surface area contributed by atoms with Crippen molar-refractivity contribution in [2.45, 2.75) is 32.2 Å². The summed E-state index contributed by atoms with van der Waals surface area (Å²) in [5.74, 6) is -0.919. The van der Waals surface area contributed by atoms with E-state index in [1.807, 2.05) is 19.1 Å². The first-order chi connectivity index (χ1) is 8.60. The summed E-state index contributed by atoms with van der Waals surface area (Å²) < 4.78 is 0. The molecule has 1 aromatic carbocycles. The first-order valence-electron chi connectivity index (χ1n) is 6.10. The second-order valence-electron chi connectivity index (χ2n) is 4.83. The van der Waals surface area contributed by atoms with Gasteiger partial charge < -0.3 is 10.4 Å². The molecule has 0 spiro atoms. The van der Waals surface area contributed by atoms with Gasteiger partial charge in [-0.25, -0.2) is 0 Å². The average Bonchev–Trinajstić information content (AvgIpc) is 2.80. The Morgan fingerprint density at radius 1 is 1.50 bits per heavy atom. The lowest BCUT2D eigenvalue weighted by molar-refractivity contribution is -0.141. The minimum Gasteiger partial charge on any atom is -0.481 e. The molecule has 0 aromatic heterocycles. The molecule has 18 heavy (non-hydrogen) atoms. The molecule has 4 nitrogen and oxygen atoms in total. The first kappa shape index (κ1) is 12.4. The van der Waals surface area contributed by atoms with Crippen LogP contribution in [0, 0.1) is 24.2 Å². The summed E-state index contributed by atoms with van der Waals surface area (Å²) in [6, 6.07) is 7.83. The van der Waals surface area contributed by atoms with Gasteiger partial charge in [0.15, 0.2) is 0 Å². The molecule has 1 aromatic rings. The molecule has 0 aliphatic heterocycles. The van der Waals surface area contributed by atoms with Crippen molar-refractivity contribution < 1.29 is 9.90 Å². The van der Waals surface area contributed by atoms with Gasteiger partial charge in [-0.2, -0.15) is 5.26 Å². The van der Waals surface area contributed by atoms with Crippen LogP contribution in [0.5, 0.6) is 0 Å². The summed E-state index contributed by atoms with van der Waals surface area (Å²) in [5.41, 5.74) is 2.66. The average molecular weight is 244 g/mol. The van der Waals surface area contributed by atoms with Crippen LogP contribution in [0.4, 0.5) is 5.69 Å². The Morgan fingerprint density at radius 2 is 2.28 bits per heavy atom. The zero-order chi connectivity index (χ0) is 13.1. The van der Waals surface area contributed by atoms with Gasteiger partial charge in [0.25, 0.3) is 0 Å². The van der Waals surface area contributed by atoms with Crippen LogP contribution < -0.4 is 5.32 Å². The van der Waals surface area contributed by atoms with Crippen LogP contribution in [0.15, 0.2) is 18.2 Å². The van der Waals surface area contributed by atoms with Crippen molar-refractivity contribution in [3.8, 4) is 6.07 Å². The standard InChI is InChI=1S/C14H16N2O2/c1-9-6-10(8-15)2-5-13(9)16-12-4-3-11(7-12)14(17)18/h2,5-6,11-12,16H,3-4,7H2,1H3,(H,17,18)/t11-,12+/m1/s1. The van der Waals surface area contributed by atoms with Gasteiger partial charge in [0.1, 0.15) is 0 Å². The number of hydrogen-bond donors (Lipinski definition) is 2. The number of nitrogens with zero attached hydrogens (tertiary/aromatic N) is 1. The smallest absolute Gasteiger partial charge is 0.306 e. The van der Waals surface area contributed by atoms with Crippen LogP contribution in [0.1, 0.15) is 30.4 Å². The van der Waals surface area contributed by atoms with Gasteiger partial charge in [-0.15, -0.1) is 0 Å². The van der Waals surface area contributed by atoms with Gasteiger partial charge in [-0.05, 0) is 49.9 Å². The SMILES string of the molecule is Cc1cc(C#N)ccc1N[C@H]1CC[C@@H](C(=O)O)C1. The second-order valence-corrected chi connectivity index (χ2v) is 4.83. The maximum atomic E-state index is 10.9. The molecular formula is C14H16N2O2. The number of rotatable bonds is 3. The van der Waals surface area contributed by atoms with Gasteiger partial charge in [0, 0.05) is 11.7 Å². The monoisotopic (exact) mass is 244 g/mol. The van der Waals surface area contributed by atoms with Crippen LogP contribution in [0.2, 0.25) is 0 Å². The Morgan fingerprint density at radius 3 is 2.83 bits per heavy atom. The molecule has 4 heteroatoms. The van der Waals surface area contributed by atoms with Crippen LogP contribution >= 0.6 is 0 Å². The third-order valence-corrected chi connectivity index (χ3v) is 3.50. The molecule has 2 rings (SSSR count). The fourth-order valence-corrected chi connectivity index (χ4v) is 2.45. The zero-order valence-electron chi connectivity index (χ0n) is 10.3. The van der Waals surface area contributed by atoms with Crippen molar-refractivity contribution in [1.82, 2.24) is 0 Å². The van der Waals surface area contributed by atoms with Crippen molar-refractivity contribution in [3.63, 3.8) is 0 Å². The zero-order valence-corrected chi connectivity index (χ0v) is 10.3. The van der Waals surface area contributed by atoms with E-state index in [4.69, 9.17) is 10.4 Å². The molecule has 1 saturated carbocycles. The predicted molar refractivity (Wildman–Crippen MR) is 68.3 cm³/mol. The van der Waals surface area contributed by atoms with Crippen molar-refractivity contribution in [3.05, 3.63) is 29.3 Å². The number of carboxylic acids is 1. The molecule has 0 bridgehead atoms. The maximum absolute atomic E-state index is 10.9. The maximum Gasteiger partial charge on any atom is 0.306 e. The number of carbonyl (C=O) groups is 1. The highest BCUT2D eigenvalue weighted by atomic mass is 16.4. The molecule has 0 radical (unpaired) electrons. The van der Waals surface area contributed by atoms with E-state index in [1.165, 1.54) is 0 Å². The minimum atomic E-state index is -0.698. The first-order valence-corrected chi connectivity index (χ1v) is 6.10. The lowest BCUT2D eigenvalue weighted by atomic mass is 10.1. The molecule has 1 fully saturated rings. The lowest BCUT2D eigenvalue weighted by Gasteiger charge is -2.16. The number of aryl methyl sites for hydroxylation is 1. The number of carboxylic acid groups (broad SMARTS) is 1. The molecule has 1 aliphatic rings. The Bertz CT molecular complexity index is 505. The number of nitriles is 1. The molecule has 0 amide bonds. The summed E-state index contributed by atoms with van der Waals surface area (Å²) in [6.45, 7) is 1.95. The van der Waals surface area contributed by atoms with Crippen molar-refractivity contribution in [2.24, 2.45) is 5.92 Å². The van der Waals surface area contributed by atoms with E-state index >= 15 is 0 Å². The van der Waals surface area contributed by atoms with Crippen LogP contribution in [0.25, 0.3) is 0 Å². The summed E-state index contributed by atoms with van der Waals surface area (Å²) in [6.07, 6.45) is 2.30. The summed E-state index contributed by atoms with van der Waals surface area (Å²) in [5, 5.41) is 21.1. The van der Waals surface area contributed by atoms with E-state index in [0.717, 1.165) is 24.1 Å². The molecule has 94 valence electrons. The number of benzene rings is 1. The normalized spacial score (nSPS) is 22.4. The fraction of sp³-hybridized carbons (Fsp3) is 0.429. The van der Waals surface area contributed by atoms with Crippen LogP contribution in [-0.4, -0.2) is 17.1 Å². The Labute approximate surface area is 106 Å². The minimum absolute atomic E-state index is 0.220. The van der Waals surface area contributed by atoms with Crippen molar-refractivity contribution in [1.29, 1.82) is 5.26 Å². The van der Waals surface area contributed by atoms with Gasteiger partial charge in [-0.3, -0.25) is 4.79 Å². The molecule has 0 heterocycles. The molecule has 0 unspecified atom stereocenters. The third kappa shape index (κ3) is 2.62. The van der Waals surface area contributed by atoms with Crippen molar-refractivity contribution >= 4 is 11.7 Å². The largest absolute Gasteiger partial charge is 0.481 e. The fourth-order valence-electron chi connectivity index (χ4n) is 2.45. The highest BCUT2D eigenvalue weighted by molar-refractivity contribution is 5.70. The van der Waals surface area contributed by atoms with E-state index in [1.54, 1.807) is 6.07 Å². The van der Waals surface area contributed by atoms with Crippen LogP contribution in [-0.2, 0) is 4.79 Å². The summed E-state index contributed by atoms with van der Waals surface area (Å²) >= 11 is 0. The molecular weight excluding hydrogens is 228 g/mol. The third-order valence-electron chi connectivity index (χ3n) is 3.50. The van der Waals surface area contributed by atoms with Gasteiger partial charge >= 0.3 is 5.97 Å². The summed E-state index contributed by atoms with van der Waals surface area (Å²) in [7, 11) is 0. The Balaban J connectivity index is 2.03. The Kier molecular flexibility index (Phi) is 3.52. The van der Waals surface area contributed by atoms with E-state index in [9.17, 15) is 4.79 Å². The number of hydrogen-bond acceptors (Lipinski definition) is 3. The Hall–Kier alpha value is -2.02. The molecule has 0 saturated heterocycles. The highest BCUT2D eigenvalue weighted by Crippen LogP contribution is 2.29. The summed E-state index contributed by atoms with van der Waals surface area (Å²) in [4.78, 5) is 10.9. The van der Waals surface area contributed by atoms with E-state index in [2.05, 4.69) is 11.4 Å². The van der Waals surface area contributed by atoms with Crippen LogP contribution in [0.3, 0.4) is 0 Å². The van der Waals surface area contributed by atoms with E-state index in [0.29, 0.717) is 12.0 Å². The lowest BCUT2D eigenvalue weighted by Crippen LogP contribution is -2.18. The highest BCUT2D eigenvalue weighted by Gasteiger charge is 2.29. The quantitative estimate of drug-likeness (QED) is 0.857. The number of nitrogens with one attached hydrogen (secondary N) is 1. The molecule has 1 aliphatic carbocycles. The molecule has 2 atom stereocenters. The van der Waals surface area contributed by atoms with E-state index in [-0.39, 0.29) is 12.0 Å². The predicted octanol–water partition coefficient (Wildman–Crippen LogP) is 2.53. The van der Waals surface area contributed by atoms with Gasteiger partial charge in [0.2, 0.25) is 0 Å². The topological polar surface area (TPSA) is 73.1 Å². The van der Waals surface area contributed by atoms with E-state index < -0.39 is 5.97 Å².